The predicted molar refractivity (Wildman–Crippen MR) is 85.8 cm³/mol. The zero-order chi connectivity index (χ0) is 15.2. The summed E-state index contributed by atoms with van der Waals surface area (Å²) in [5.74, 6) is 0.606. The minimum Gasteiger partial charge on any atom is -0.348 e. The summed E-state index contributed by atoms with van der Waals surface area (Å²) in [5, 5.41) is 3.08. The highest BCUT2D eigenvalue weighted by Gasteiger charge is 2.26. The third-order valence-electron chi connectivity index (χ3n) is 4.45. The van der Waals surface area contributed by atoms with E-state index in [2.05, 4.69) is 17.1 Å². The number of hydrogen-bond acceptors (Lipinski definition) is 3. The van der Waals surface area contributed by atoms with E-state index in [4.69, 9.17) is 5.73 Å². The van der Waals surface area contributed by atoms with Crippen molar-refractivity contribution < 1.29 is 4.79 Å². The van der Waals surface area contributed by atoms with Gasteiger partial charge in [0.05, 0.1) is 12.6 Å². The normalized spacial score (nSPS) is 24.5. The van der Waals surface area contributed by atoms with Gasteiger partial charge in [0.1, 0.15) is 0 Å². The molecule has 0 aliphatic carbocycles. The molecule has 116 valence electrons. The molecule has 2 rings (SSSR count). The van der Waals surface area contributed by atoms with Gasteiger partial charge in [-0.05, 0) is 24.8 Å². The fourth-order valence-corrected chi connectivity index (χ4v) is 3.02. The molecule has 3 atom stereocenters. The lowest BCUT2D eigenvalue weighted by Crippen LogP contribution is -2.49. The van der Waals surface area contributed by atoms with Crippen LogP contribution in [0, 0.1) is 5.92 Å². The number of amides is 1. The fourth-order valence-electron chi connectivity index (χ4n) is 3.02. The highest BCUT2D eigenvalue weighted by Crippen LogP contribution is 2.18. The van der Waals surface area contributed by atoms with Gasteiger partial charge in [-0.2, -0.15) is 0 Å². The lowest BCUT2D eigenvalue weighted by atomic mass is 9.91. The van der Waals surface area contributed by atoms with Gasteiger partial charge in [-0.3, -0.25) is 9.69 Å². The molecule has 1 aromatic carbocycles. The lowest BCUT2D eigenvalue weighted by Gasteiger charge is -2.36. The monoisotopic (exact) mass is 289 g/mol. The van der Waals surface area contributed by atoms with Gasteiger partial charge in [0, 0.05) is 19.1 Å². The van der Waals surface area contributed by atoms with Crippen molar-refractivity contribution in [2.45, 2.75) is 38.8 Å². The number of nitrogens with one attached hydrogen (secondary N) is 1. The summed E-state index contributed by atoms with van der Waals surface area (Å²) < 4.78 is 0. The van der Waals surface area contributed by atoms with Crippen LogP contribution in [0.3, 0.4) is 0 Å². The molecular weight excluding hydrogens is 262 g/mol. The van der Waals surface area contributed by atoms with Crippen molar-refractivity contribution in [3.8, 4) is 0 Å². The van der Waals surface area contributed by atoms with Crippen molar-refractivity contribution in [3.63, 3.8) is 0 Å². The van der Waals surface area contributed by atoms with E-state index in [1.807, 2.05) is 37.3 Å². The smallest absolute Gasteiger partial charge is 0.234 e. The van der Waals surface area contributed by atoms with Gasteiger partial charge < -0.3 is 11.1 Å². The van der Waals surface area contributed by atoms with Crippen LogP contribution in [0.25, 0.3) is 0 Å². The average Bonchev–Trinajstić information content (AvgIpc) is 2.50. The summed E-state index contributed by atoms with van der Waals surface area (Å²) in [6, 6.07) is 10.4. The van der Waals surface area contributed by atoms with Crippen LogP contribution in [-0.4, -0.2) is 36.5 Å². The molecule has 0 aromatic heterocycles. The van der Waals surface area contributed by atoms with Gasteiger partial charge in [-0.25, -0.2) is 0 Å². The molecule has 0 bridgehead atoms. The topological polar surface area (TPSA) is 58.4 Å². The lowest BCUT2D eigenvalue weighted by molar-refractivity contribution is -0.123. The molecule has 4 nitrogen and oxygen atoms in total. The van der Waals surface area contributed by atoms with E-state index in [1.165, 1.54) is 0 Å². The predicted octanol–water partition coefficient (Wildman–Crippen LogP) is 1.92. The molecule has 0 saturated carbocycles. The van der Waals surface area contributed by atoms with Crippen molar-refractivity contribution in [1.82, 2.24) is 10.2 Å². The van der Waals surface area contributed by atoms with Gasteiger partial charge in [0.15, 0.2) is 0 Å². The Labute approximate surface area is 127 Å². The molecule has 1 amide bonds. The molecule has 4 heteroatoms. The van der Waals surface area contributed by atoms with E-state index in [9.17, 15) is 4.79 Å². The third-order valence-corrected chi connectivity index (χ3v) is 4.45. The van der Waals surface area contributed by atoms with Crippen molar-refractivity contribution in [2.75, 3.05) is 19.6 Å². The van der Waals surface area contributed by atoms with Gasteiger partial charge in [-0.1, -0.05) is 43.7 Å². The number of hydrogen-bond donors (Lipinski definition) is 2. The van der Waals surface area contributed by atoms with E-state index in [0.29, 0.717) is 12.5 Å². The number of piperidine rings is 1. The zero-order valence-corrected chi connectivity index (χ0v) is 13.1. The minimum atomic E-state index is 0.0488. The highest BCUT2D eigenvalue weighted by molar-refractivity contribution is 5.78. The first-order valence-electron chi connectivity index (χ1n) is 7.92. The maximum Gasteiger partial charge on any atom is 0.234 e. The first-order valence-corrected chi connectivity index (χ1v) is 7.92. The average molecular weight is 289 g/mol. The molecule has 1 aromatic rings. The third kappa shape index (κ3) is 4.55. The Kier molecular flexibility index (Phi) is 5.76. The Hall–Kier alpha value is -1.39. The molecule has 21 heavy (non-hydrogen) atoms. The number of carbonyl (C=O) groups is 1. The molecule has 3 N–H and O–H groups in total. The van der Waals surface area contributed by atoms with Crippen molar-refractivity contribution in [3.05, 3.63) is 35.9 Å². The fraction of sp³-hybridized carbons (Fsp3) is 0.588. The Morgan fingerprint density at radius 2 is 2.14 bits per heavy atom. The second-order valence-electron chi connectivity index (χ2n) is 6.06. The Bertz CT molecular complexity index is 449. The molecule has 1 saturated heterocycles. The molecule has 1 aliphatic heterocycles. The molecule has 1 aliphatic rings. The van der Waals surface area contributed by atoms with Crippen LogP contribution in [0.4, 0.5) is 0 Å². The van der Waals surface area contributed by atoms with E-state index in [0.717, 1.165) is 31.5 Å². The second-order valence-corrected chi connectivity index (χ2v) is 6.06. The molecule has 3 unspecified atom stereocenters. The Morgan fingerprint density at radius 1 is 1.43 bits per heavy atom. The summed E-state index contributed by atoms with van der Waals surface area (Å²) >= 11 is 0. The first kappa shape index (κ1) is 16.0. The van der Waals surface area contributed by atoms with E-state index in [-0.39, 0.29) is 18.0 Å². The number of rotatable bonds is 5. The van der Waals surface area contributed by atoms with Gasteiger partial charge in [0.25, 0.3) is 0 Å². The summed E-state index contributed by atoms with van der Waals surface area (Å²) in [6.45, 7) is 6.52. The van der Waals surface area contributed by atoms with Crippen LogP contribution in [0.15, 0.2) is 30.3 Å². The first-order chi connectivity index (χ1) is 10.1. The van der Waals surface area contributed by atoms with Crippen LogP contribution < -0.4 is 11.1 Å². The summed E-state index contributed by atoms with van der Waals surface area (Å²) in [6.07, 6.45) is 2.07. The van der Waals surface area contributed by atoms with E-state index in [1.54, 1.807) is 0 Å². The maximum absolute atomic E-state index is 12.2. The molecule has 0 spiro atoms. The van der Waals surface area contributed by atoms with E-state index < -0.39 is 0 Å². The van der Waals surface area contributed by atoms with Crippen LogP contribution in [0.1, 0.15) is 38.3 Å². The van der Waals surface area contributed by atoms with Crippen LogP contribution in [-0.2, 0) is 4.79 Å². The number of nitrogens with two attached hydrogens (primary N) is 1. The minimum absolute atomic E-state index is 0.0488. The molecule has 1 heterocycles. The SMILES string of the molecule is CCC1CN(CC(=O)NC(C)c2ccccc2)CCC1N. The summed E-state index contributed by atoms with van der Waals surface area (Å²) in [5.41, 5.74) is 7.25. The number of benzene rings is 1. The largest absolute Gasteiger partial charge is 0.348 e. The molecule has 0 radical (unpaired) electrons. The van der Waals surface area contributed by atoms with Gasteiger partial charge in [0.2, 0.25) is 5.91 Å². The van der Waals surface area contributed by atoms with Gasteiger partial charge in [-0.15, -0.1) is 0 Å². The van der Waals surface area contributed by atoms with Crippen molar-refractivity contribution in [2.24, 2.45) is 11.7 Å². The zero-order valence-electron chi connectivity index (χ0n) is 13.1. The molecular formula is C17H27N3O. The van der Waals surface area contributed by atoms with Crippen LogP contribution in [0.5, 0.6) is 0 Å². The highest BCUT2D eigenvalue weighted by atomic mass is 16.2. The number of likely N-dealkylation sites (tertiary alicyclic amines) is 1. The summed E-state index contributed by atoms with van der Waals surface area (Å²) in [4.78, 5) is 14.4. The van der Waals surface area contributed by atoms with Gasteiger partial charge >= 0.3 is 0 Å². The molecule has 1 fully saturated rings. The van der Waals surface area contributed by atoms with Crippen LogP contribution >= 0.6 is 0 Å². The summed E-state index contributed by atoms with van der Waals surface area (Å²) in [7, 11) is 0. The maximum atomic E-state index is 12.2. The van der Waals surface area contributed by atoms with E-state index >= 15 is 0 Å². The standard InChI is InChI=1S/C17H27N3O/c1-3-14-11-20(10-9-16(14)18)12-17(21)19-13(2)15-7-5-4-6-8-15/h4-8,13-14,16H,3,9-12,18H2,1-2H3,(H,19,21). The van der Waals surface area contributed by atoms with Crippen molar-refractivity contribution >= 4 is 5.91 Å². The second kappa shape index (κ2) is 7.57. The number of nitrogens with zero attached hydrogens (tertiary/aromatic N) is 1. The van der Waals surface area contributed by atoms with Crippen LogP contribution in [0.2, 0.25) is 0 Å². The Morgan fingerprint density at radius 3 is 2.81 bits per heavy atom. The van der Waals surface area contributed by atoms with Crippen molar-refractivity contribution in [1.29, 1.82) is 0 Å². The quantitative estimate of drug-likeness (QED) is 0.870. The number of carbonyl (C=O) groups excluding carboxylic acids is 1. The Balaban J connectivity index is 1.82.